The molecule has 0 N–H and O–H groups in total. The van der Waals surface area contributed by atoms with Crippen LogP contribution in [0.15, 0.2) is 29.4 Å². The summed E-state index contributed by atoms with van der Waals surface area (Å²) in [7, 11) is 1.66. The summed E-state index contributed by atoms with van der Waals surface area (Å²) in [5, 5.41) is 3.82. The molecular formula is C14H16N2O3. The molecule has 1 amide bonds. The van der Waals surface area contributed by atoms with Crippen molar-refractivity contribution in [1.82, 2.24) is 0 Å². The average molecular weight is 260 g/mol. The maximum atomic E-state index is 12.4. The molecule has 1 unspecified atom stereocenters. The van der Waals surface area contributed by atoms with E-state index >= 15 is 0 Å². The van der Waals surface area contributed by atoms with Gasteiger partial charge in [0.05, 0.1) is 11.4 Å². The summed E-state index contributed by atoms with van der Waals surface area (Å²) in [6.07, 6.45) is 0. The van der Waals surface area contributed by atoms with Crippen LogP contribution in [0.3, 0.4) is 0 Å². The first-order chi connectivity index (χ1) is 9.07. The zero-order valence-corrected chi connectivity index (χ0v) is 11.2. The SMILES string of the molecule is CCO/N=C(\C)C1C(=O)c2ccccc2N(C)C1=O. The second-order valence-corrected chi connectivity index (χ2v) is 4.36. The first kappa shape index (κ1) is 13.3. The predicted molar refractivity (Wildman–Crippen MR) is 72.4 cm³/mol. The minimum atomic E-state index is -0.883. The van der Waals surface area contributed by atoms with E-state index in [4.69, 9.17) is 4.84 Å². The molecule has 2 rings (SSSR count). The number of anilines is 1. The summed E-state index contributed by atoms with van der Waals surface area (Å²) in [6, 6.07) is 7.07. The van der Waals surface area contributed by atoms with Crippen LogP contribution in [0.4, 0.5) is 5.69 Å². The van der Waals surface area contributed by atoms with E-state index in [1.165, 1.54) is 4.90 Å². The number of ketones is 1. The summed E-state index contributed by atoms with van der Waals surface area (Å²) in [5.41, 5.74) is 1.57. The monoisotopic (exact) mass is 260 g/mol. The number of benzene rings is 1. The lowest BCUT2D eigenvalue weighted by atomic mass is 9.87. The van der Waals surface area contributed by atoms with Crippen LogP contribution < -0.4 is 4.90 Å². The lowest BCUT2D eigenvalue weighted by Gasteiger charge is -2.30. The highest BCUT2D eigenvalue weighted by Crippen LogP contribution is 2.29. The van der Waals surface area contributed by atoms with Crippen LogP contribution in [0.25, 0.3) is 0 Å². The maximum absolute atomic E-state index is 12.4. The van der Waals surface area contributed by atoms with Gasteiger partial charge in [0, 0.05) is 12.6 Å². The standard InChI is InChI=1S/C14H16N2O3/c1-4-19-15-9(2)12-13(17)10-7-5-6-8-11(10)16(3)14(12)18/h5-8,12H,4H2,1-3H3/b15-9+. The van der Waals surface area contributed by atoms with Crippen molar-refractivity contribution in [1.29, 1.82) is 0 Å². The minimum absolute atomic E-state index is 0.223. The van der Waals surface area contributed by atoms with E-state index in [9.17, 15) is 9.59 Å². The highest BCUT2D eigenvalue weighted by Gasteiger charge is 2.39. The van der Waals surface area contributed by atoms with Crippen molar-refractivity contribution in [3.63, 3.8) is 0 Å². The van der Waals surface area contributed by atoms with Gasteiger partial charge in [0.25, 0.3) is 0 Å². The molecule has 1 aliphatic rings. The molecule has 0 fully saturated rings. The van der Waals surface area contributed by atoms with Gasteiger partial charge in [-0.05, 0) is 26.0 Å². The fourth-order valence-electron chi connectivity index (χ4n) is 2.14. The van der Waals surface area contributed by atoms with E-state index in [2.05, 4.69) is 5.16 Å². The highest BCUT2D eigenvalue weighted by atomic mass is 16.6. The first-order valence-corrected chi connectivity index (χ1v) is 6.15. The van der Waals surface area contributed by atoms with Gasteiger partial charge < -0.3 is 9.74 Å². The zero-order chi connectivity index (χ0) is 14.0. The molecule has 5 heteroatoms. The minimum Gasteiger partial charge on any atom is -0.396 e. The fraction of sp³-hybridized carbons (Fsp3) is 0.357. The molecule has 1 heterocycles. The zero-order valence-electron chi connectivity index (χ0n) is 11.2. The number of hydrogen-bond acceptors (Lipinski definition) is 4. The Labute approximate surface area is 111 Å². The van der Waals surface area contributed by atoms with Crippen LogP contribution in [-0.2, 0) is 9.63 Å². The molecular weight excluding hydrogens is 244 g/mol. The Morgan fingerprint density at radius 1 is 1.37 bits per heavy atom. The largest absolute Gasteiger partial charge is 0.396 e. The lowest BCUT2D eigenvalue weighted by molar-refractivity contribution is -0.119. The third-order valence-corrected chi connectivity index (χ3v) is 3.13. The maximum Gasteiger partial charge on any atom is 0.243 e. The van der Waals surface area contributed by atoms with Gasteiger partial charge in [-0.25, -0.2) is 0 Å². The van der Waals surface area contributed by atoms with E-state index in [0.29, 0.717) is 23.6 Å². The molecule has 1 aromatic rings. The predicted octanol–water partition coefficient (Wildman–Crippen LogP) is 1.87. The van der Waals surface area contributed by atoms with Gasteiger partial charge in [0.15, 0.2) is 5.78 Å². The van der Waals surface area contributed by atoms with E-state index in [1.807, 2.05) is 0 Å². The number of Topliss-reactive ketones (excluding diaryl/α,β-unsaturated/α-hetero) is 1. The average Bonchev–Trinajstić information content (AvgIpc) is 2.43. The third-order valence-electron chi connectivity index (χ3n) is 3.13. The summed E-state index contributed by atoms with van der Waals surface area (Å²) < 4.78 is 0. The number of oxime groups is 1. The molecule has 0 saturated heterocycles. The Morgan fingerprint density at radius 2 is 2.05 bits per heavy atom. The van der Waals surface area contributed by atoms with Crippen molar-refractivity contribution in [3.8, 4) is 0 Å². The molecule has 19 heavy (non-hydrogen) atoms. The molecule has 1 aromatic carbocycles. The van der Waals surface area contributed by atoms with Crippen LogP contribution in [0, 0.1) is 5.92 Å². The van der Waals surface area contributed by atoms with Gasteiger partial charge in [-0.2, -0.15) is 0 Å². The molecule has 1 atom stereocenters. The number of para-hydroxylation sites is 1. The summed E-state index contributed by atoms with van der Waals surface area (Å²) in [6.45, 7) is 3.83. The number of carbonyl (C=O) groups excluding carboxylic acids is 2. The smallest absolute Gasteiger partial charge is 0.243 e. The van der Waals surface area contributed by atoms with Crippen LogP contribution in [0.2, 0.25) is 0 Å². The highest BCUT2D eigenvalue weighted by molar-refractivity contribution is 6.31. The summed E-state index contributed by atoms with van der Waals surface area (Å²) in [5.74, 6) is -1.38. The Bertz CT molecular complexity index is 551. The van der Waals surface area contributed by atoms with Gasteiger partial charge in [-0.1, -0.05) is 17.3 Å². The van der Waals surface area contributed by atoms with Crippen LogP contribution in [0.5, 0.6) is 0 Å². The van der Waals surface area contributed by atoms with Crippen LogP contribution in [-0.4, -0.2) is 31.1 Å². The van der Waals surface area contributed by atoms with E-state index in [0.717, 1.165) is 0 Å². The quantitative estimate of drug-likeness (QED) is 0.473. The molecule has 0 saturated carbocycles. The number of carbonyl (C=O) groups is 2. The van der Waals surface area contributed by atoms with Gasteiger partial charge in [-0.3, -0.25) is 9.59 Å². The van der Waals surface area contributed by atoms with Gasteiger partial charge in [-0.15, -0.1) is 0 Å². The van der Waals surface area contributed by atoms with Crippen molar-refractivity contribution in [2.45, 2.75) is 13.8 Å². The van der Waals surface area contributed by atoms with E-state index in [-0.39, 0.29) is 11.7 Å². The second-order valence-electron chi connectivity index (χ2n) is 4.36. The number of fused-ring (bicyclic) bond motifs is 1. The number of rotatable bonds is 3. The van der Waals surface area contributed by atoms with Crippen molar-refractivity contribution in [3.05, 3.63) is 29.8 Å². The second kappa shape index (κ2) is 5.22. The molecule has 0 radical (unpaired) electrons. The van der Waals surface area contributed by atoms with Crippen molar-refractivity contribution in [2.75, 3.05) is 18.6 Å². The van der Waals surface area contributed by atoms with E-state index < -0.39 is 5.92 Å². The number of nitrogens with zero attached hydrogens (tertiary/aromatic N) is 2. The fourth-order valence-corrected chi connectivity index (χ4v) is 2.14. The van der Waals surface area contributed by atoms with Gasteiger partial charge in [0.2, 0.25) is 5.91 Å². The first-order valence-electron chi connectivity index (χ1n) is 6.15. The molecule has 0 bridgehead atoms. The molecule has 0 aliphatic carbocycles. The number of hydrogen-bond donors (Lipinski definition) is 0. The Kier molecular flexibility index (Phi) is 3.64. The Morgan fingerprint density at radius 3 is 2.74 bits per heavy atom. The van der Waals surface area contributed by atoms with Gasteiger partial charge >= 0.3 is 0 Å². The normalized spacial score (nSPS) is 19.4. The molecule has 1 aliphatic heterocycles. The summed E-state index contributed by atoms with van der Waals surface area (Å²) >= 11 is 0. The van der Waals surface area contributed by atoms with Crippen LogP contribution >= 0.6 is 0 Å². The van der Waals surface area contributed by atoms with Crippen LogP contribution in [0.1, 0.15) is 24.2 Å². The molecule has 0 aromatic heterocycles. The van der Waals surface area contributed by atoms with Crippen molar-refractivity contribution >= 4 is 23.1 Å². The number of amides is 1. The lowest BCUT2D eigenvalue weighted by Crippen LogP contribution is -2.45. The third kappa shape index (κ3) is 2.23. The van der Waals surface area contributed by atoms with Crippen molar-refractivity contribution in [2.24, 2.45) is 11.1 Å². The topological polar surface area (TPSA) is 59.0 Å². The van der Waals surface area contributed by atoms with Gasteiger partial charge in [0.1, 0.15) is 12.5 Å². The summed E-state index contributed by atoms with van der Waals surface area (Å²) in [4.78, 5) is 31.1. The van der Waals surface area contributed by atoms with Crippen molar-refractivity contribution < 1.29 is 14.4 Å². The molecule has 0 spiro atoms. The van der Waals surface area contributed by atoms with E-state index in [1.54, 1.807) is 45.2 Å². The molecule has 100 valence electrons. The Balaban J connectivity index is 2.44. The molecule has 5 nitrogen and oxygen atoms in total. The Hall–Kier alpha value is -2.17.